The van der Waals surface area contributed by atoms with Crippen LogP contribution in [0.5, 0.6) is 0 Å². The first-order chi connectivity index (χ1) is 7.86. The summed E-state index contributed by atoms with van der Waals surface area (Å²) in [6.07, 6.45) is 3.37. The summed E-state index contributed by atoms with van der Waals surface area (Å²) in [5, 5.41) is 16.6. The van der Waals surface area contributed by atoms with Gasteiger partial charge in [-0.05, 0) is 12.8 Å². The van der Waals surface area contributed by atoms with Crippen molar-refractivity contribution in [2.75, 3.05) is 33.5 Å². The molecule has 6 nitrogen and oxygen atoms in total. The predicted octanol–water partition coefficient (Wildman–Crippen LogP) is -0.134. The molecule has 0 aromatic carbocycles. The standard InChI is InChI=1S/C10H19N3O3/c1-15-7-8-16-6-4-13-9-10(11-12-13)3-2-5-14/h9,14H,2-8H2,1H3. The number of aryl methyl sites for hydroxylation is 1. The van der Waals surface area contributed by atoms with Crippen molar-refractivity contribution in [2.45, 2.75) is 19.4 Å². The first kappa shape index (κ1) is 13.1. The molecular weight excluding hydrogens is 210 g/mol. The minimum absolute atomic E-state index is 0.187. The van der Waals surface area contributed by atoms with E-state index in [1.807, 2.05) is 6.20 Å². The fourth-order valence-electron chi connectivity index (χ4n) is 1.22. The normalized spacial score (nSPS) is 10.9. The summed E-state index contributed by atoms with van der Waals surface area (Å²) in [6.45, 7) is 2.69. The zero-order valence-electron chi connectivity index (χ0n) is 9.63. The average Bonchev–Trinajstić information content (AvgIpc) is 2.74. The van der Waals surface area contributed by atoms with E-state index in [2.05, 4.69) is 10.3 Å². The van der Waals surface area contributed by atoms with Gasteiger partial charge in [-0.15, -0.1) is 5.10 Å². The molecular formula is C10H19N3O3. The maximum Gasteiger partial charge on any atom is 0.0828 e. The third-order valence-electron chi connectivity index (χ3n) is 2.07. The van der Waals surface area contributed by atoms with Crippen molar-refractivity contribution in [1.29, 1.82) is 0 Å². The van der Waals surface area contributed by atoms with E-state index < -0.39 is 0 Å². The Morgan fingerprint density at radius 2 is 2.25 bits per heavy atom. The minimum atomic E-state index is 0.187. The maximum atomic E-state index is 8.67. The second-order valence-corrected chi connectivity index (χ2v) is 3.41. The summed E-state index contributed by atoms with van der Waals surface area (Å²) in [7, 11) is 1.65. The zero-order valence-corrected chi connectivity index (χ0v) is 9.63. The molecule has 0 amide bonds. The predicted molar refractivity (Wildman–Crippen MR) is 58.1 cm³/mol. The van der Waals surface area contributed by atoms with Gasteiger partial charge in [-0.1, -0.05) is 5.21 Å². The summed E-state index contributed by atoms with van der Waals surface area (Å²) < 4.78 is 11.9. The summed E-state index contributed by atoms with van der Waals surface area (Å²) in [5.74, 6) is 0. The van der Waals surface area contributed by atoms with E-state index in [1.165, 1.54) is 0 Å². The summed E-state index contributed by atoms with van der Waals surface area (Å²) in [4.78, 5) is 0. The molecule has 1 aromatic heterocycles. The lowest BCUT2D eigenvalue weighted by atomic mass is 10.3. The van der Waals surface area contributed by atoms with E-state index in [1.54, 1.807) is 11.8 Å². The second-order valence-electron chi connectivity index (χ2n) is 3.41. The van der Waals surface area contributed by atoms with Crippen molar-refractivity contribution >= 4 is 0 Å². The summed E-state index contributed by atoms with van der Waals surface area (Å²) in [5.41, 5.74) is 0.908. The smallest absolute Gasteiger partial charge is 0.0828 e. The molecule has 0 aliphatic rings. The van der Waals surface area contributed by atoms with Gasteiger partial charge in [0, 0.05) is 19.9 Å². The van der Waals surface area contributed by atoms with Gasteiger partial charge in [-0.25, -0.2) is 4.68 Å². The van der Waals surface area contributed by atoms with E-state index in [4.69, 9.17) is 14.6 Å². The van der Waals surface area contributed by atoms with E-state index in [-0.39, 0.29) is 6.61 Å². The largest absolute Gasteiger partial charge is 0.396 e. The molecule has 0 bridgehead atoms. The molecule has 6 heteroatoms. The van der Waals surface area contributed by atoms with Crippen LogP contribution in [0.2, 0.25) is 0 Å². The Balaban J connectivity index is 2.14. The van der Waals surface area contributed by atoms with Crippen LogP contribution in [0, 0.1) is 0 Å². The Morgan fingerprint density at radius 3 is 3.00 bits per heavy atom. The number of rotatable bonds is 9. The van der Waals surface area contributed by atoms with Crippen LogP contribution in [0.1, 0.15) is 12.1 Å². The summed E-state index contributed by atoms with van der Waals surface area (Å²) >= 11 is 0. The van der Waals surface area contributed by atoms with E-state index >= 15 is 0 Å². The number of ether oxygens (including phenoxy) is 2. The topological polar surface area (TPSA) is 69.4 Å². The lowest BCUT2D eigenvalue weighted by molar-refractivity contribution is 0.0652. The Labute approximate surface area is 95.2 Å². The third-order valence-corrected chi connectivity index (χ3v) is 2.07. The molecule has 1 heterocycles. The van der Waals surface area contributed by atoms with E-state index in [0.717, 1.165) is 18.5 Å². The Bertz CT molecular complexity index is 278. The molecule has 0 atom stereocenters. The van der Waals surface area contributed by atoms with Crippen LogP contribution in [-0.4, -0.2) is 53.6 Å². The fraction of sp³-hybridized carbons (Fsp3) is 0.800. The van der Waals surface area contributed by atoms with Crippen molar-refractivity contribution < 1.29 is 14.6 Å². The van der Waals surface area contributed by atoms with Gasteiger partial charge >= 0.3 is 0 Å². The highest BCUT2D eigenvalue weighted by atomic mass is 16.5. The highest BCUT2D eigenvalue weighted by molar-refractivity contribution is 4.91. The molecule has 1 aromatic rings. The Kier molecular flexibility index (Phi) is 6.71. The van der Waals surface area contributed by atoms with Crippen LogP contribution in [0.25, 0.3) is 0 Å². The number of aliphatic hydroxyl groups is 1. The Morgan fingerprint density at radius 1 is 1.38 bits per heavy atom. The van der Waals surface area contributed by atoms with Gasteiger partial charge in [-0.3, -0.25) is 0 Å². The second kappa shape index (κ2) is 8.20. The van der Waals surface area contributed by atoms with Gasteiger partial charge in [-0.2, -0.15) is 0 Å². The van der Waals surface area contributed by atoms with Gasteiger partial charge in [0.25, 0.3) is 0 Å². The zero-order chi connectivity index (χ0) is 11.6. The van der Waals surface area contributed by atoms with E-state index in [9.17, 15) is 0 Å². The van der Waals surface area contributed by atoms with E-state index in [0.29, 0.717) is 26.4 Å². The molecule has 0 aliphatic heterocycles. The molecule has 0 saturated carbocycles. The maximum absolute atomic E-state index is 8.67. The van der Waals surface area contributed by atoms with Gasteiger partial charge in [0.05, 0.1) is 32.1 Å². The van der Waals surface area contributed by atoms with Crippen LogP contribution in [0.15, 0.2) is 6.20 Å². The first-order valence-electron chi connectivity index (χ1n) is 5.43. The monoisotopic (exact) mass is 229 g/mol. The molecule has 0 spiro atoms. The van der Waals surface area contributed by atoms with Gasteiger partial charge in [0.15, 0.2) is 0 Å². The SMILES string of the molecule is COCCOCCn1cc(CCCO)nn1. The van der Waals surface area contributed by atoms with Crippen LogP contribution in [-0.2, 0) is 22.4 Å². The van der Waals surface area contributed by atoms with Crippen LogP contribution >= 0.6 is 0 Å². The lowest BCUT2D eigenvalue weighted by Crippen LogP contribution is -2.09. The lowest BCUT2D eigenvalue weighted by Gasteiger charge is -2.02. The molecule has 1 N–H and O–H groups in total. The number of hydrogen-bond donors (Lipinski definition) is 1. The van der Waals surface area contributed by atoms with Crippen molar-refractivity contribution in [3.05, 3.63) is 11.9 Å². The Hall–Kier alpha value is -0.980. The molecule has 0 saturated heterocycles. The molecule has 0 fully saturated rings. The van der Waals surface area contributed by atoms with Crippen molar-refractivity contribution in [1.82, 2.24) is 15.0 Å². The van der Waals surface area contributed by atoms with Crippen molar-refractivity contribution in [3.63, 3.8) is 0 Å². The molecule has 1 rings (SSSR count). The quantitative estimate of drug-likeness (QED) is 0.597. The molecule has 0 radical (unpaired) electrons. The minimum Gasteiger partial charge on any atom is -0.396 e. The summed E-state index contributed by atoms with van der Waals surface area (Å²) in [6, 6.07) is 0. The van der Waals surface area contributed by atoms with Crippen LogP contribution in [0.4, 0.5) is 0 Å². The van der Waals surface area contributed by atoms with Crippen molar-refractivity contribution in [3.8, 4) is 0 Å². The van der Waals surface area contributed by atoms with Gasteiger partial charge in [0.2, 0.25) is 0 Å². The fourth-order valence-corrected chi connectivity index (χ4v) is 1.22. The number of aromatic nitrogens is 3. The number of nitrogens with zero attached hydrogens (tertiary/aromatic N) is 3. The van der Waals surface area contributed by atoms with Crippen LogP contribution in [0.3, 0.4) is 0 Å². The third kappa shape index (κ3) is 5.20. The molecule has 0 unspecified atom stereocenters. The number of aliphatic hydroxyl groups excluding tert-OH is 1. The average molecular weight is 229 g/mol. The molecule has 0 aliphatic carbocycles. The number of methoxy groups -OCH3 is 1. The molecule has 16 heavy (non-hydrogen) atoms. The van der Waals surface area contributed by atoms with Gasteiger partial charge in [0.1, 0.15) is 0 Å². The van der Waals surface area contributed by atoms with Gasteiger partial charge < -0.3 is 14.6 Å². The van der Waals surface area contributed by atoms with Crippen molar-refractivity contribution in [2.24, 2.45) is 0 Å². The highest BCUT2D eigenvalue weighted by Crippen LogP contribution is 1.97. The first-order valence-corrected chi connectivity index (χ1v) is 5.43. The molecule has 92 valence electrons. The van der Waals surface area contributed by atoms with Crippen LogP contribution < -0.4 is 0 Å². The number of hydrogen-bond acceptors (Lipinski definition) is 5. The highest BCUT2D eigenvalue weighted by Gasteiger charge is 2.00.